The van der Waals surface area contributed by atoms with Crippen molar-refractivity contribution in [1.29, 1.82) is 0 Å². The molecule has 0 aliphatic carbocycles. The molecule has 6 heteroatoms. The Bertz CT molecular complexity index is 977. The zero-order chi connectivity index (χ0) is 43.7. The maximum Gasteiger partial charge on any atom is 0.305 e. The second-order valence-electron chi connectivity index (χ2n) is 17.9. The Hall–Kier alpha value is -1.92. The highest BCUT2D eigenvalue weighted by molar-refractivity contribution is 5.76. The molecule has 0 aromatic heterocycles. The van der Waals surface area contributed by atoms with Crippen LogP contribution < -0.4 is 5.32 Å². The van der Waals surface area contributed by atoms with E-state index in [0.29, 0.717) is 19.4 Å². The maximum atomic E-state index is 12.4. The van der Waals surface area contributed by atoms with Crippen LogP contribution in [0.3, 0.4) is 0 Å². The molecule has 0 aromatic carbocycles. The molecule has 352 valence electrons. The molecule has 6 nitrogen and oxygen atoms in total. The number of amides is 1. The van der Waals surface area contributed by atoms with Crippen molar-refractivity contribution in [2.24, 2.45) is 0 Å². The van der Waals surface area contributed by atoms with Crippen molar-refractivity contribution in [2.75, 3.05) is 13.2 Å². The zero-order valence-electron chi connectivity index (χ0n) is 39.9. The molecule has 0 saturated heterocycles. The quantitative estimate of drug-likeness (QED) is 0.0245. The highest BCUT2D eigenvalue weighted by Gasteiger charge is 2.18. The highest BCUT2D eigenvalue weighted by atomic mass is 16.5. The fraction of sp³-hybridized carbons (Fsp3) is 0.852. The van der Waals surface area contributed by atoms with E-state index in [9.17, 15) is 19.8 Å². The van der Waals surface area contributed by atoms with Gasteiger partial charge >= 0.3 is 5.97 Å². The van der Waals surface area contributed by atoms with E-state index in [-0.39, 0.29) is 18.5 Å². The van der Waals surface area contributed by atoms with Crippen LogP contribution in [0.2, 0.25) is 0 Å². The van der Waals surface area contributed by atoms with E-state index < -0.39 is 12.1 Å². The van der Waals surface area contributed by atoms with Crippen LogP contribution in [0.5, 0.6) is 0 Å². The fourth-order valence-electron chi connectivity index (χ4n) is 7.86. The van der Waals surface area contributed by atoms with Crippen LogP contribution in [0, 0.1) is 0 Å². The van der Waals surface area contributed by atoms with Crippen molar-refractivity contribution in [3.8, 4) is 0 Å². The lowest BCUT2D eigenvalue weighted by Crippen LogP contribution is -2.45. The Morgan fingerprint density at radius 1 is 0.467 bits per heavy atom. The first-order valence-electron chi connectivity index (χ1n) is 26.3. The summed E-state index contributed by atoms with van der Waals surface area (Å²) in [6, 6.07) is -0.643. The number of esters is 1. The van der Waals surface area contributed by atoms with E-state index in [0.717, 1.165) is 77.0 Å². The number of unbranched alkanes of at least 4 members (excludes halogenated alkanes) is 34. The molecule has 0 heterocycles. The summed E-state index contributed by atoms with van der Waals surface area (Å²) in [4.78, 5) is 24.4. The van der Waals surface area contributed by atoms with Crippen molar-refractivity contribution >= 4 is 11.9 Å². The summed E-state index contributed by atoms with van der Waals surface area (Å²) in [6.45, 7) is 4.84. The smallest absolute Gasteiger partial charge is 0.305 e. The molecule has 0 radical (unpaired) electrons. The Morgan fingerprint density at radius 2 is 0.817 bits per heavy atom. The second-order valence-corrected chi connectivity index (χ2v) is 17.9. The summed E-state index contributed by atoms with van der Waals surface area (Å²) in [5.41, 5.74) is 0. The zero-order valence-corrected chi connectivity index (χ0v) is 39.9. The lowest BCUT2D eigenvalue weighted by molar-refractivity contribution is -0.143. The number of rotatable bonds is 48. The lowest BCUT2D eigenvalue weighted by Gasteiger charge is -2.20. The SMILES string of the molecule is CCCCCCCCCCCCC/C=C/C(O)C(CO)NC(=O)CCCCCCCC/C=C\C=C/CCCCCOC(=O)CCCCCCCCCCCCCCCCC. The normalized spacial score (nSPS) is 12.9. The summed E-state index contributed by atoms with van der Waals surface area (Å²) < 4.78 is 5.44. The number of hydrogen-bond acceptors (Lipinski definition) is 5. The van der Waals surface area contributed by atoms with Crippen molar-refractivity contribution in [2.45, 2.75) is 283 Å². The monoisotopic (exact) mass is 844 g/mol. The van der Waals surface area contributed by atoms with Gasteiger partial charge in [0.2, 0.25) is 5.91 Å². The first-order chi connectivity index (χ1) is 29.5. The number of hydrogen-bond donors (Lipinski definition) is 3. The number of aliphatic hydroxyl groups is 2. The summed E-state index contributed by atoms with van der Waals surface area (Å²) in [6.07, 6.45) is 60.0. The standard InChI is InChI=1S/C54H101NO5/c1-3-5-7-9-11-13-15-17-19-24-28-32-36-40-44-48-54(59)60-49-45-41-37-33-29-25-21-18-20-23-27-31-35-39-43-47-53(58)55-51(50-56)52(57)46-42-38-34-30-26-22-16-14-12-10-8-6-4-2/h18,21,25,29,42,46,51-52,56-57H,3-17,19-20,22-24,26-28,30-41,43-45,47-50H2,1-2H3,(H,55,58)/b21-18-,29-25-,46-42+. The van der Waals surface area contributed by atoms with Gasteiger partial charge in [-0.1, -0.05) is 230 Å². The van der Waals surface area contributed by atoms with E-state index in [2.05, 4.69) is 43.5 Å². The summed E-state index contributed by atoms with van der Waals surface area (Å²) in [7, 11) is 0. The van der Waals surface area contributed by atoms with E-state index in [1.165, 1.54) is 167 Å². The summed E-state index contributed by atoms with van der Waals surface area (Å²) >= 11 is 0. The van der Waals surface area contributed by atoms with Gasteiger partial charge in [0.15, 0.2) is 0 Å². The number of allylic oxidation sites excluding steroid dienone is 5. The minimum Gasteiger partial charge on any atom is -0.466 e. The molecule has 0 rings (SSSR count). The van der Waals surface area contributed by atoms with Gasteiger partial charge < -0.3 is 20.3 Å². The average molecular weight is 844 g/mol. The van der Waals surface area contributed by atoms with Crippen molar-refractivity contribution in [3.05, 3.63) is 36.5 Å². The van der Waals surface area contributed by atoms with Crippen LogP contribution in [0.1, 0.15) is 271 Å². The molecular formula is C54H101NO5. The third kappa shape index (κ3) is 45.6. The average Bonchev–Trinajstić information content (AvgIpc) is 3.25. The highest BCUT2D eigenvalue weighted by Crippen LogP contribution is 2.15. The molecule has 0 aromatic rings. The lowest BCUT2D eigenvalue weighted by atomic mass is 10.0. The molecule has 60 heavy (non-hydrogen) atoms. The van der Waals surface area contributed by atoms with E-state index in [1.54, 1.807) is 6.08 Å². The molecule has 2 unspecified atom stereocenters. The van der Waals surface area contributed by atoms with Crippen molar-refractivity contribution in [1.82, 2.24) is 5.32 Å². The minimum absolute atomic E-state index is 0.0205. The number of carbonyl (C=O) groups is 2. The topological polar surface area (TPSA) is 95.9 Å². The Morgan fingerprint density at radius 3 is 1.23 bits per heavy atom. The molecule has 0 spiro atoms. The summed E-state index contributed by atoms with van der Waals surface area (Å²) in [5.74, 6) is -0.112. The third-order valence-electron chi connectivity index (χ3n) is 11.9. The van der Waals surface area contributed by atoms with Crippen LogP contribution in [-0.2, 0) is 14.3 Å². The second kappa shape index (κ2) is 49.7. The van der Waals surface area contributed by atoms with Gasteiger partial charge in [0.05, 0.1) is 25.4 Å². The number of aliphatic hydroxyl groups excluding tert-OH is 2. The van der Waals surface area contributed by atoms with Crippen LogP contribution in [0.15, 0.2) is 36.5 Å². The summed E-state index contributed by atoms with van der Waals surface area (Å²) in [5, 5.41) is 23.0. The van der Waals surface area contributed by atoms with Crippen LogP contribution in [0.25, 0.3) is 0 Å². The first kappa shape index (κ1) is 58.1. The van der Waals surface area contributed by atoms with Gasteiger partial charge in [-0.05, 0) is 64.2 Å². The number of ether oxygens (including phenoxy) is 1. The molecular weight excluding hydrogens is 743 g/mol. The fourth-order valence-corrected chi connectivity index (χ4v) is 7.86. The number of carbonyl (C=O) groups excluding carboxylic acids is 2. The number of nitrogens with one attached hydrogen (secondary N) is 1. The van der Waals surface area contributed by atoms with Crippen LogP contribution in [-0.4, -0.2) is 47.4 Å². The molecule has 0 saturated carbocycles. The van der Waals surface area contributed by atoms with Gasteiger partial charge in [-0.25, -0.2) is 0 Å². The van der Waals surface area contributed by atoms with E-state index in [1.807, 2.05) is 6.08 Å². The molecule has 2 atom stereocenters. The van der Waals surface area contributed by atoms with Crippen LogP contribution in [0.4, 0.5) is 0 Å². The molecule has 0 fully saturated rings. The van der Waals surface area contributed by atoms with Gasteiger partial charge in [-0.15, -0.1) is 0 Å². The van der Waals surface area contributed by atoms with E-state index >= 15 is 0 Å². The predicted molar refractivity (Wildman–Crippen MR) is 259 cm³/mol. The predicted octanol–water partition coefficient (Wildman–Crippen LogP) is 15.7. The van der Waals surface area contributed by atoms with E-state index in [4.69, 9.17) is 4.74 Å². The molecule has 3 N–H and O–H groups in total. The Labute approximate surface area is 373 Å². The first-order valence-corrected chi connectivity index (χ1v) is 26.3. The van der Waals surface area contributed by atoms with Gasteiger partial charge in [-0.2, -0.15) is 0 Å². The van der Waals surface area contributed by atoms with Gasteiger partial charge in [0.25, 0.3) is 0 Å². The molecule has 0 bridgehead atoms. The van der Waals surface area contributed by atoms with Gasteiger partial charge in [-0.3, -0.25) is 9.59 Å². The molecule has 0 aliphatic rings. The minimum atomic E-state index is -0.858. The van der Waals surface area contributed by atoms with Gasteiger partial charge in [0.1, 0.15) is 0 Å². The third-order valence-corrected chi connectivity index (χ3v) is 11.9. The Kier molecular flexibility index (Phi) is 48.1. The molecule has 1 amide bonds. The molecule has 0 aliphatic heterocycles. The maximum absolute atomic E-state index is 12.4. The largest absolute Gasteiger partial charge is 0.466 e. The van der Waals surface area contributed by atoms with Crippen LogP contribution >= 0.6 is 0 Å². The van der Waals surface area contributed by atoms with Crippen molar-refractivity contribution < 1.29 is 24.5 Å². The van der Waals surface area contributed by atoms with Gasteiger partial charge in [0, 0.05) is 12.8 Å². The van der Waals surface area contributed by atoms with Crippen molar-refractivity contribution in [3.63, 3.8) is 0 Å². The Balaban J connectivity index is 3.54.